The number of hydrogen-bond acceptors (Lipinski definition) is 0. The largest absolute Gasteiger partial charge is 0.130 e. The minimum Gasteiger partial charge on any atom is -0.130 e. The lowest BCUT2D eigenvalue weighted by Crippen LogP contribution is -2.27. The zero-order valence-corrected chi connectivity index (χ0v) is 9.62. The monoisotopic (exact) mass is 190 g/mol. The summed E-state index contributed by atoms with van der Waals surface area (Å²) in [6.07, 6.45) is 6.89. The number of alkyl halides is 1. The quantitative estimate of drug-likeness (QED) is 0.351. The van der Waals surface area contributed by atoms with Gasteiger partial charge in [-0.15, -0.1) is 11.6 Å². The molecule has 0 aliphatic heterocycles. The Morgan fingerprint density at radius 1 is 1.27 bits per heavy atom. The summed E-state index contributed by atoms with van der Waals surface area (Å²) in [6.45, 7) is 6.86. The van der Waals surface area contributed by atoms with Crippen molar-refractivity contribution < 1.29 is 0 Å². The topological polar surface area (TPSA) is 0 Å². The Hall–Kier alpha value is 0.247. The van der Waals surface area contributed by atoms with Crippen molar-refractivity contribution in [2.75, 3.05) is 5.50 Å². The highest BCUT2D eigenvalue weighted by Crippen LogP contribution is 2.13. The van der Waals surface area contributed by atoms with E-state index in [0.29, 0.717) is 0 Å². The smallest absolute Gasteiger partial charge is 0.0642 e. The van der Waals surface area contributed by atoms with E-state index in [9.17, 15) is 0 Å². The summed E-state index contributed by atoms with van der Waals surface area (Å²) in [7, 11) is -1.01. The zero-order chi connectivity index (χ0) is 8.74. The van der Waals surface area contributed by atoms with Crippen molar-refractivity contribution in [3.05, 3.63) is 12.2 Å². The van der Waals surface area contributed by atoms with Crippen molar-refractivity contribution in [2.45, 2.75) is 38.9 Å². The summed E-state index contributed by atoms with van der Waals surface area (Å²) in [5, 5.41) is 0. The van der Waals surface area contributed by atoms with E-state index < -0.39 is 8.07 Å². The van der Waals surface area contributed by atoms with Crippen LogP contribution in [0.5, 0.6) is 0 Å². The molecule has 0 aliphatic carbocycles. The molecule has 0 aromatic rings. The molecule has 0 aromatic heterocycles. The number of halogens is 1. The third-order valence-electron chi connectivity index (χ3n) is 1.75. The minimum atomic E-state index is -1.01. The predicted molar refractivity (Wildman–Crippen MR) is 57.1 cm³/mol. The van der Waals surface area contributed by atoms with Gasteiger partial charge in [-0.25, -0.2) is 0 Å². The molecular formula is C9H19ClSi. The third-order valence-corrected chi connectivity index (χ3v) is 6.29. The lowest BCUT2D eigenvalue weighted by molar-refractivity contribution is 1.12. The van der Waals surface area contributed by atoms with E-state index in [2.05, 4.69) is 32.2 Å². The van der Waals surface area contributed by atoms with Crippen molar-refractivity contribution in [2.24, 2.45) is 0 Å². The van der Waals surface area contributed by atoms with Crippen molar-refractivity contribution in [1.29, 1.82) is 0 Å². The zero-order valence-electron chi connectivity index (χ0n) is 7.86. The van der Waals surface area contributed by atoms with E-state index in [4.69, 9.17) is 11.6 Å². The fraction of sp³-hybridized carbons (Fsp3) is 0.778. The first-order valence-electron chi connectivity index (χ1n) is 4.33. The number of hydrogen-bond donors (Lipinski definition) is 0. The van der Waals surface area contributed by atoms with Gasteiger partial charge >= 0.3 is 0 Å². The fourth-order valence-corrected chi connectivity index (χ4v) is 2.31. The van der Waals surface area contributed by atoms with Crippen LogP contribution < -0.4 is 0 Å². The van der Waals surface area contributed by atoms with Crippen LogP contribution in [0, 0.1) is 0 Å². The highest BCUT2D eigenvalue weighted by molar-refractivity contribution is 6.83. The van der Waals surface area contributed by atoms with E-state index in [-0.39, 0.29) is 0 Å². The lowest BCUT2D eigenvalue weighted by atomic mass is 10.4. The summed E-state index contributed by atoms with van der Waals surface area (Å²) in [5.41, 5.74) is 0.896. The Bertz CT molecular complexity index is 119. The van der Waals surface area contributed by atoms with Crippen LogP contribution >= 0.6 is 11.6 Å². The fourth-order valence-electron chi connectivity index (χ4n) is 0.825. The van der Waals surface area contributed by atoms with Gasteiger partial charge in [0.25, 0.3) is 0 Å². The van der Waals surface area contributed by atoms with Crippen LogP contribution in [0.1, 0.15) is 19.8 Å². The van der Waals surface area contributed by atoms with E-state index in [1.54, 1.807) is 0 Å². The van der Waals surface area contributed by atoms with Gasteiger partial charge in [-0.1, -0.05) is 38.2 Å². The van der Waals surface area contributed by atoms with Gasteiger partial charge in [0.1, 0.15) is 0 Å². The van der Waals surface area contributed by atoms with Gasteiger partial charge in [-0.3, -0.25) is 0 Å². The SMILES string of the molecule is CC/C=C/CC[Si](C)(C)CCl. The molecule has 0 unspecified atom stereocenters. The Morgan fingerprint density at radius 3 is 2.36 bits per heavy atom. The molecule has 0 saturated carbocycles. The van der Waals surface area contributed by atoms with Gasteiger partial charge in [0.05, 0.1) is 8.07 Å². The average molecular weight is 191 g/mol. The Balaban J connectivity index is 3.45. The Labute approximate surface area is 76.7 Å². The van der Waals surface area contributed by atoms with E-state index >= 15 is 0 Å². The van der Waals surface area contributed by atoms with Gasteiger partial charge < -0.3 is 0 Å². The second-order valence-corrected chi connectivity index (χ2v) is 9.61. The molecule has 0 fully saturated rings. The first-order chi connectivity index (χ1) is 5.12. The molecule has 0 N–H and O–H groups in total. The minimum absolute atomic E-state index is 0.896. The molecule has 0 bridgehead atoms. The van der Waals surface area contributed by atoms with Crippen LogP contribution in [0.4, 0.5) is 0 Å². The molecule has 0 saturated heterocycles. The van der Waals surface area contributed by atoms with E-state index in [0.717, 1.165) is 11.9 Å². The molecule has 0 amide bonds. The lowest BCUT2D eigenvalue weighted by Gasteiger charge is -2.16. The van der Waals surface area contributed by atoms with Crippen LogP contribution in [0.25, 0.3) is 0 Å². The standard InChI is InChI=1S/C9H19ClSi/c1-4-5-6-7-8-11(2,3)9-10/h5-6H,4,7-9H2,1-3H3/b6-5+. The van der Waals surface area contributed by atoms with Gasteiger partial charge in [-0.05, 0) is 12.8 Å². The maximum Gasteiger partial charge on any atom is 0.0642 e. The number of rotatable bonds is 5. The first-order valence-corrected chi connectivity index (χ1v) is 8.28. The Kier molecular flexibility index (Phi) is 5.97. The summed E-state index contributed by atoms with van der Waals surface area (Å²) < 4.78 is 0. The van der Waals surface area contributed by atoms with Crippen molar-refractivity contribution >= 4 is 19.7 Å². The van der Waals surface area contributed by atoms with Gasteiger partial charge in [-0.2, -0.15) is 0 Å². The summed E-state index contributed by atoms with van der Waals surface area (Å²) in [6, 6.07) is 1.33. The molecule has 0 spiro atoms. The summed E-state index contributed by atoms with van der Waals surface area (Å²) in [4.78, 5) is 0. The molecule has 2 heteroatoms. The number of allylic oxidation sites excluding steroid dienone is 2. The van der Waals surface area contributed by atoms with Crippen molar-refractivity contribution in [3.8, 4) is 0 Å². The van der Waals surface area contributed by atoms with Crippen LogP contribution in [0.2, 0.25) is 19.1 Å². The van der Waals surface area contributed by atoms with Crippen molar-refractivity contribution in [3.63, 3.8) is 0 Å². The third kappa shape index (κ3) is 6.64. The summed E-state index contributed by atoms with van der Waals surface area (Å²) >= 11 is 5.84. The predicted octanol–water partition coefficient (Wildman–Crippen LogP) is 3.83. The molecular weight excluding hydrogens is 172 g/mol. The molecule has 0 heterocycles. The molecule has 0 radical (unpaired) electrons. The average Bonchev–Trinajstić information content (AvgIpc) is 1.99. The highest BCUT2D eigenvalue weighted by Gasteiger charge is 2.17. The van der Waals surface area contributed by atoms with Gasteiger partial charge in [0.2, 0.25) is 0 Å². The van der Waals surface area contributed by atoms with Gasteiger partial charge in [0, 0.05) is 5.50 Å². The van der Waals surface area contributed by atoms with Crippen LogP contribution in [0.15, 0.2) is 12.2 Å². The molecule has 0 rings (SSSR count). The first kappa shape index (κ1) is 11.2. The van der Waals surface area contributed by atoms with E-state index in [1.165, 1.54) is 12.5 Å². The molecule has 0 aromatic carbocycles. The van der Waals surface area contributed by atoms with E-state index in [1.807, 2.05) is 0 Å². The van der Waals surface area contributed by atoms with Crippen LogP contribution in [-0.2, 0) is 0 Å². The molecule has 66 valence electrons. The second kappa shape index (κ2) is 5.84. The Morgan fingerprint density at radius 2 is 1.91 bits per heavy atom. The van der Waals surface area contributed by atoms with Gasteiger partial charge in [0.15, 0.2) is 0 Å². The molecule has 0 aliphatic rings. The molecule has 0 atom stereocenters. The normalized spacial score (nSPS) is 12.7. The maximum atomic E-state index is 5.84. The second-order valence-electron chi connectivity index (χ2n) is 3.72. The van der Waals surface area contributed by atoms with Crippen LogP contribution in [-0.4, -0.2) is 13.6 Å². The molecule has 0 nitrogen and oxygen atoms in total. The highest BCUT2D eigenvalue weighted by atomic mass is 35.5. The van der Waals surface area contributed by atoms with Crippen LogP contribution in [0.3, 0.4) is 0 Å². The summed E-state index contributed by atoms with van der Waals surface area (Å²) in [5.74, 6) is 0. The molecule has 11 heavy (non-hydrogen) atoms. The maximum absolute atomic E-state index is 5.84. The van der Waals surface area contributed by atoms with Crippen molar-refractivity contribution in [1.82, 2.24) is 0 Å².